The summed E-state index contributed by atoms with van der Waals surface area (Å²) < 4.78 is 12.4. The largest absolute Gasteiger partial charge is 0.478 e. The predicted octanol–water partition coefficient (Wildman–Crippen LogP) is 6.40. The van der Waals surface area contributed by atoms with E-state index in [1.165, 1.54) is 27.8 Å². The summed E-state index contributed by atoms with van der Waals surface area (Å²) in [7, 11) is 0. The van der Waals surface area contributed by atoms with E-state index in [1.807, 2.05) is 12.1 Å². The van der Waals surface area contributed by atoms with E-state index in [1.54, 1.807) is 6.07 Å². The normalized spacial score (nSPS) is 17.1. The summed E-state index contributed by atoms with van der Waals surface area (Å²) in [5.41, 5.74) is 8.10. The fraction of sp³-hybridized carbons (Fsp3) is 0.483. The topological polar surface area (TPSA) is 40.5 Å². The number of allylic oxidation sites excluding steroid dienone is 1. The monoisotopic (exact) mass is 449 g/mol. The number of hydrogen-bond donors (Lipinski definition) is 1. The van der Waals surface area contributed by atoms with Crippen LogP contribution in [0.2, 0.25) is 0 Å². The van der Waals surface area contributed by atoms with Gasteiger partial charge in [0.1, 0.15) is 0 Å². The van der Waals surface area contributed by atoms with E-state index in [9.17, 15) is 14.3 Å². The van der Waals surface area contributed by atoms with Gasteiger partial charge in [-0.05, 0) is 90.3 Å². The number of carboxylic acids is 1. The van der Waals surface area contributed by atoms with Crippen molar-refractivity contribution in [3.05, 3.63) is 75.9 Å². The van der Waals surface area contributed by atoms with E-state index in [2.05, 4.69) is 43.0 Å². The second-order valence-electron chi connectivity index (χ2n) is 10.2. The molecule has 3 nitrogen and oxygen atoms in total. The molecule has 0 spiro atoms. The molecule has 176 valence electrons. The number of nitrogens with zero attached hydrogens (tertiary/aromatic N) is 1. The Morgan fingerprint density at radius 1 is 1.12 bits per heavy atom. The van der Waals surface area contributed by atoms with Crippen molar-refractivity contribution < 1.29 is 14.3 Å². The molecule has 1 heterocycles. The number of aromatic carboxylic acids is 1. The summed E-state index contributed by atoms with van der Waals surface area (Å²) in [5.74, 6) is 0.380. The van der Waals surface area contributed by atoms with Crippen LogP contribution < -0.4 is 0 Å². The maximum Gasteiger partial charge on any atom is 0.335 e. The maximum absolute atomic E-state index is 12.4. The number of fused-ring (bicyclic) bond motifs is 1. The lowest BCUT2D eigenvalue weighted by Gasteiger charge is -2.39. The third kappa shape index (κ3) is 5.73. The Morgan fingerprint density at radius 3 is 2.55 bits per heavy atom. The van der Waals surface area contributed by atoms with Crippen molar-refractivity contribution in [2.75, 3.05) is 26.3 Å². The number of likely N-dealkylation sites (tertiary alicyclic amines) is 1. The molecule has 0 atom stereocenters. The van der Waals surface area contributed by atoms with Crippen molar-refractivity contribution in [3.8, 4) is 0 Å². The lowest BCUT2D eigenvalue weighted by Crippen LogP contribution is -2.47. The molecule has 1 aliphatic heterocycles. The van der Waals surface area contributed by atoms with Gasteiger partial charge in [-0.15, -0.1) is 0 Å². The fourth-order valence-electron chi connectivity index (χ4n) is 5.45. The number of halogens is 1. The second kappa shape index (κ2) is 10.6. The third-order valence-electron chi connectivity index (χ3n) is 6.96. The number of benzene rings is 2. The van der Waals surface area contributed by atoms with Crippen LogP contribution in [0.1, 0.15) is 72.1 Å². The minimum absolute atomic E-state index is 0.224. The molecule has 0 unspecified atom stereocenters. The number of hydrogen-bond acceptors (Lipinski definition) is 2. The number of carbonyl (C=O) groups is 1. The summed E-state index contributed by atoms with van der Waals surface area (Å²) in [4.78, 5) is 13.9. The lowest BCUT2D eigenvalue weighted by atomic mass is 9.86. The van der Waals surface area contributed by atoms with Gasteiger partial charge >= 0.3 is 5.97 Å². The summed E-state index contributed by atoms with van der Waals surface area (Å²) in [5, 5.41) is 9.47. The number of aryl methyl sites for hydroxylation is 1. The Labute approximate surface area is 197 Å². The van der Waals surface area contributed by atoms with Gasteiger partial charge in [0.2, 0.25) is 0 Å². The zero-order valence-corrected chi connectivity index (χ0v) is 19.9. The quantitative estimate of drug-likeness (QED) is 0.481. The zero-order chi connectivity index (χ0) is 23.4. The van der Waals surface area contributed by atoms with Crippen molar-refractivity contribution in [2.24, 2.45) is 11.8 Å². The van der Waals surface area contributed by atoms with Crippen molar-refractivity contribution in [1.29, 1.82) is 0 Å². The van der Waals surface area contributed by atoms with Crippen LogP contribution in [0.4, 0.5) is 4.39 Å². The van der Waals surface area contributed by atoms with Crippen molar-refractivity contribution in [1.82, 2.24) is 4.90 Å². The molecule has 4 rings (SSSR count). The van der Waals surface area contributed by atoms with Crippen molar-refractivity contribution in [3.63, 3.8) is 0 Å². The van der Waals surface area contributed by atoms with Crippen LogP contribution in [0, 0.1) is 11.8 Å². The molecule has 0 aromatic heterocycles. The number of carboxylic acid groups (broad SMARTS) is 1. The van der Waals surface area contributed by atoms with Gasteiger partial charge in [-0.25, -0.2) is 4.79 Å². The highest BCUT2D eigenvalue weighted by Crippen LogP contribution is 2.38. The fourth-order valence-corrected chi connectivity index (χ4v) is 5.45. The van der Waals surface area contributed by atoms with Crippen LogP contribution in [0.5, 0.6) is 0 Å². The van der Waals surface area contributed by atoms with Crippen LogP contribution in [-0.2, 0) is 12.8 Å². The highest BCUT2D eigenvalue weighted by atomic mass is 19.1. The molecule has 1 saturated heterocycles. The van der Waals surface area contributed by atoms with Gasteiger partial charge in [-0.3, -0.25) is 4.39 Å². The maximum atomic E-state index is 12.4. The average molecular weight is 450 g/mol. The van der Waals surface area contributed by atoms with Gasteiger partial charge in [0.05, 0.1) is 12.2 Å². The van der Waals surface area contributed by atoms with Crippen LogP contribution in [0.3, 0.4) is 0 Å². The van der Waals surface area contributed by atoms with E-state index < -0.39 is 5.97 Å². The second-order valence-corrected chi connectivity index (χ2v) is 10.2. The highest BCUT2D eigenvalue weighted by molar-refractivity contribution is 5.90. The Balaban J connectivity index is 1.58. The molecule has 1 aliphatic carbocycles. The SMILES string of the molecule is CC(C)CC1=C(c2ccc(CC3CN(CCCF)C3)cc2)c2ccc(C(=O)O)cc2CCC1. The first-order valence-electron chi connectivity index (χ1n) is 12.4. The molecule has 1 N–H and O–H groups in total. The molecule has 4 heteroatoms. The lowest BCUT2D eigenvalue weighted by molar-refractivity contribution is 0.0696. The zero-order valence-electron chi connectivity index (χ0n) is 19.9. The predicted molar refractivity (Wildman–Crippen MR) is 132 cm³/mol. The number of alkyl halides is 1. The smallest absolute Gasteiger partial charge is 0.335 e. The van der Waals surface area contributed by atoms with E-state index in [-0.39, 0.29) is 6.67 Å². The standard InChI is InChI=1S/C29H36FNO2/c1-20(2)15-25-6-3-5-24-17-26(29(32)33)11-12-27(24)28(25)23-9-7-21(8-10-23)16-22-18-31(19-22)14-4-13-30/h7-12,17,20,22H,3-6,13-16,18-19H2,1-2H3,(H,32,33). The first-order valence-corrected chi connectivity index (χ1v) is 12.4. The van der Waals surface area contributed by atoms with Gasteiger partial charge < -0.3 is 10.0 Å². The van der Waals surface area contributed by atoms with Gasteiger partial charge in [0.25, 0.3) is 0 Å². The van der Waals surface area contributed by atoms with E-state index in [0.717, 1.165) is 57.3 Å². The van der Waals surface area contributed by atoms with Crippen LogP contribution >= 0.6 is 0 Å². The molecule has 0 radical (unpaired) electrons. The molecule has 2 aromatic rings. The summed E-state index contributed by atoms with van der Waals surface area (Å²) in [6.45, 7) is 7.33. The Bertz CT molecular complexity index is 1000. The minimum Gasteiger partial charge on any atom is -0.478 e. The van der Waals surface area contributed by atoms with Gasteiger partial charge in [-0.1, -0.05) is 49.8 Å². The van der Waals surface area contributed by atoms with Crippen molar-refractivity contribution in [2.45, 2.75) is 52.4 Å². The molecule has 1 fully saturated rings. The molecule has 0 bridgehead atoms. The molecule has 0 amide bonds. The van der Waals surface area contributed by atoms with E-state index >= 15 is 0 Å². The van der Waals surface area contributed by atoms with Crippen LogP contribution in [-0.4, -0.2) is 42.3 Å². The first-order chi connectivity index (χ1) is 15.9. The van der Waals surface area contributed by atoms with Crippen LogP contribution in [0.25, 0.3) is 5.57 Å². The van der Waals surface area contributed by atoms with Gasteiger partial charge in [-0.2, -0.15) is 0 Å². The summed E-state index contributed by atoms with van der Waals surface area (Å²) in [6.07, 6.45) is 5.81. The summed E-state index contributed by atoms with van der Waals surface area (Å²) >= 11 is 0. The minimum atomic E-state index is -0.862. The Kier molecular flexibility index (Phi) is 7.64. The highest BCUT2D eigenvalue weighted by Gasteiger charge is 2.26. The Morgan fingerprint density at radius 2 is 1.88 bits per heavy atom. The average Bonchev–Trinajstić information content (AvgIpc) is 2.93. The molecular formula is C29H36FNO2. The third-order valence-corrected chi connectivity index (χ3v) is 6.96. The molecule has 2 aromatic carbocycles. The Hall–Kier alpha value is -2.46. The first kappa shape index (κ1) is 23.7. The van der Waals surface area contributed by atoms with Crippen LogP contribution in [0.15, 0.2) is 48.0 Å². The van der Waals surface area contributed by atoms with E-state index in [0.29, 0.717) is 23.8 Å². The molecule has 0 saturated carbocycles. The van der Waals surface area contributed by atoms with E-state index in [4.69, 9.17) is 0 Å². The van der Waals surface area contributed by atoms with Crippen molar-refractivity contribution >= 4 is 11.5 Å². The van der Waals surface area contributed by atoms with Gasteiger partial charge in [0, 0.05) is 19.6 Å². The molecule has 2 aliphatic rings. The molecule has 33 heavy (non-hydrogen) atoms. The number of rotatable bonds is 9. The van der Waals surface area contributed by atoms with Gasteiger partial charge in [0.15, 0.2) is 0 Å². The molecular weight excluding hydrogens is 413 g/mol. The summed E-state index contributed by atoms with van der Waals surface area (Å²) in [6, 6.07) is 14.7.